The van der Waals surface area contributed by atoms with Crippen LogP contribution in [0.25, 0.3) is 0 Å². The summed E-state index contributed by atoms with van der Waals surface area (Å²) in [5, 5.41) is 0. The molecule has 0 atom stereocenters. The fraction of sp³-hybridized carbons (Fsp3) is 0.435. The van der Waals surface area contributed by atoms with Crippen LogP contribution in [-0.2, 0) is 9.53 Å². The Balaban J connectivity index is 0.000000339. The van der Waals surface area contributed by atoms with E-state index in [1.807, 2.05) is 48.5 Å². The van der Waals surface area contributed by atoms with E-state index in [0.29, 0.717) is 35.5 Å². The Morgan fingerprint density at radius 3 is 1.48 bits per heavy atom. The molecule has 0 saturated heterocycles. The first-order valence-corrected chi connectivity index (χ1v) is 13.4. The minimum Gasteiger partial charge on any atom is -0.336 e. The average Bonchev–Trinajstić information content (AvgIpc) is 3.27. The Labute approximate surface area is 184 Å². The van der Waals surface area contributed by atoms with E-state index in [2.05, 4.69) is 20.8 Å². The normalized spacial score (nSPS) is 17.4. The van der Waals surface area contributed by atoms with Crippen molar-refractivity contribution in [1.82, 2.24) is 0 Å². The van der Waals surface area contributed by atoms with Gasteiger partial charge in [-0.25, -0.2) is 0 Å². The van der Waals surface area contributed by atoms with Crippen LogP contribution in [0.2, 0.25) is 6.04 Å². The van der Waals surface area contributed by atoms with E-state index in [-0.39, 0.29) is 12.6 Å². The van der Waals surface area contributed by atoms with Crippen LogP contribution >= 0.6 is 0 Å². The van der Waals surface area contributed by atoms with Gasteiger partial charge >= 0.3 is 139 Å². The molecule has 0 saturated carbocycles. The number of rotatable bonds is 7. The standard InChI is InChI=1S/C17H17O6Si.C6H15N/c1-13(18)19-11-6-12-24(20-14-7-2-3-8-15(14)21-24)22-16-9-4-5-10-17(16)23-24;1-4-7(5-2)6-3/h2-5,7-10H,6,11-12H2,1H3;4-6H2,1-3H3/q-1;/p+1. The summed E-state index contributed by atoms with van der Waals surface area (Å²) in [4.78, 5) is 12.7. The molecule has 0 radical (unpaired) electrons. The largest absolute Gasteiger partial charge is 0.336 e. The predicted octanol–water partition coefficient (Wildman–Crippen LogP) is 3.20. The molecule has 2 heterocycles. The zero-order valence-electron chi connectivity index (χ0n) is 18.8. The van der Waals surface area contributed by atoms with Crippen LogP contribution < -0.4 is 22.6 Å². The van der Waals surface area contributed by atoms with Gasteiger partial charge in [-0.3, -0.25) is 0 Å². The van der Waals surface area contributed by atoms with Gasteiger partial charge in [0, 0.05) is 0 Å². The molecule has 0 aliphatic carbocycles. The topological polar surface area (TPSA) is 67.7 Å². The maximum Gasteiger partial charge on any atom is 0.0742 e. The van der Waals surface area contributed by atoms with Crippen molar-refractivity contribution < 1.29 is 32.1 Å². The Kier molecular flexibility index (Phi) is 7.12. The van der Waals surface area contributed by atoms with Gasteiger partial charge in [0.05, 0.1) is 19.6 Å². The van der Waals surface area contributed by atoms with Crippen molar-refractivity contribution >= 4 is 14.3 Å². The van der Waals surface area contributed by atoms with Crippen LogP contribution in [0.5, 0.6) is 23.0 Å². The summed E-state index contributed by atoms with van der Waals surface area (Å²) in [5.74, 6) is 2.09. The Bertz CT molecular complexity index is 783. The zero-order chi connectivity index (χ0) is 22.3. The second-order valence-electron chi connectivity index (χ2n) is 7.63. The molecule has 2 aromatic rings. The molecule has 0 fully saturated rings. The number of para-hydroxylation sites is 4. The van der Waals surface area contributed by atoms with Gasteiger partial charge in [-0.1, -0.05) is 0 Å². The predicted molar refractivity (Wildman–Crippen MR) is 120 cm³/mol. The van der Waals surface area contributed by atoms with E-state index in [0.717, 1.165) is 0 Å². The van der Waals surface area contributed by atoms with Crippen molar-refractivity contribution in [1.29, 1.82) is 0 Å². The molecule has 7 nitrogen and oxygen atoms in total. The molecule has 170 valence electrons. The summed E-state index contributed by atoms with van der Waals surface area (Å²) >= 11 is 0. The minimum absolute atomic E-state index is 0.255. The number of nitrogens with one attached hydrogen (secondary N) is 1. The first-order chi connectivity index (χ1) is 14.9. The average molecular weight is 448 g/mol. The van der Waals surface area contributed by atoms with Gasteiger partial charge in [0.25, 0.3) is 0 Å². The number of ether oxygens (including phenoxy) is 1. The first kappa shape index (κ1) is 23.0. The number of carbonyl (C=O) groups is 1. The Morgan fingerprint density at radius 2 is 1.19 bits per heavy atom. The van der Waals surface area contributed by atoms with Crippen LogP contribution in [-0.4, -0.2) is 40.5 Å². The summed E-state index contributed by atoms with van der Waals surface area (Å²) in [6.07, 6.45) is 0.509. The smallest absolute Gasteiger partial charge is 0.0742 e. The zero-order valence-corrected chi connectivity index (χ0v) is 19.8. The summed E-state index contributed by atoms with van der Waals surface area (Å²) in [6.45, 7) is 12.1. The molecule has 2 aliphatic rings. The van der Waals surface area contributed by atoms with E-state index in [1.54, 1.807) is 4.90 Å². The summed E-state index contributed by atoms with van der Waals surface area (Å²) in [6, 6.07) is 15.1. The third kappa shape index (κ3) is 5.14. The molecular formula is C23H33NO6Si. The third-order valence-electron chi connectivity index (χ3n) is 5.46. The molecule has 2 aromatic carbocycles. The van der Waals surface area contributed by atoms with Gasteiger partial charge in [-0.2, -0.15) is 0 Å². The van der Waals surface area contributed by atoms with Crippen molar-refractivity contribution in [2.24, 2.45) is 0 Å². The molecule has 1 spiro atoms. The van der Waals surface area contributed by atoms with Crippen molar-refractivity contribution in [2.75, 3.05) is 26.2 Å². The fourth-order valence-corrected chi connectivity index (χ4v) is 7.50. The van der Waals surface area contributed by atoms with Gasteiger partial charge in [0.2, 0.25) is 0 Å². The van der Waals surface area contributed by atoms with Gasteiger partial charge in [0.1, 0.15) is 0 Å². The number of fused-ring (bicyclic) bond motifs is 2. The molecule has 0 amide bonds. The molecule has 2 aliphatic heterocycles. The van der Waals surface area contributed by atoms with Gasteiger partial charge < -0.3 is 4.90 Å². The maximum atomic E-state index is 11.0. The third-order valence-corrected chi connectivity index (χ3v) is 9.09. The van der Waals surface area contributed by atoms with E-state index in [1.165, 1.54) is 26.6 Å². The number of benzene rings is 2. The van der Waals surface area contributed by atoms with E-state index >= 15 is 0 Å². The molecule has 8 heteroatoms. The first-order valence-electron chi connectivity index (χ1n) is 11.0. The SMILES string of the molecule is CC(=O)OCCC[Si-]12(Oc3ccccc3O1)Oc1ccccc1O2.CC[NH+](CC)CC. The van der Waals surface area contributed by atoms with Crippen LogP contribution in [0.4, 0.5) is 0 Å². The molecule has 1 N–H and O–H groups in total. The molecule has 0 aromatic heterocycles. The fourth-order valence-electron chi connectivity index (χ4n) is 3.74. The van der Waals surface area contributed by atoms with Crippen LogP contribution in [0.15, 0.2) is 48.5 Å². The van der Waals surface area contributed by atoms with Gasteiger partial charge in [-0.15, -0.1) is 0 Å². The monoisotopic (exact) mass is 447 g/mol. The maximum absolute atomic E-state index is 11.0. The van der Waals surface area contributed by atoms with Crippen molar-refractivity contribution in [3.8, 4) is 23.0 Å². The Hall–Kier alpha value is -2.71. The van der Waals surface area contributed by atoms with Gasteiger partial charge in [-0.05, 0) is 20.8 Å². The molecular weight excluding hydrogens is 414 g/mol. The van der Waals surface area contributed by atoms with Crippen LogP contribution in [0.3, 0.4) is 0 Å². The number of hydrogen-bond acceptors (Lipinski definition) is 6. The Morgan fingerprint density at radius 1 is 0.806 bits per heavy atom. The van der Waals surface area contributed by atoms with E-state index in [9.17, 15) is 4.79 Å². The molecule has 4 rings (SSSR count). The summed E-state index contributed by atoms with van der Waals surface area (Å²) < 4.78 is 29.7. The van der Waals surface area contributed by atoms with E-state index in [4.69, 9.17) is 22.4 Å². The van der Waals surface area contributed by atoms with Crippen LogP contribution in [0, 0.1) is 0 Å². The van der Waals surface area contributed by atoms with Crippen LogP contribution in [0.1, 0.15) is 34.1 Å². The molecule has 31 heavy (non-hydrogen) atoms. The van der Waals surface area contributed by atoms with Gasteiger partial charge in [0.15, 0.2) is 0 Å². The summed E-state index contributed by atoms with van der Waals surface area (Å²) in [7, 11) is -4.18. The van der Waals surface area contributed by atoms with Crippen molar-refractivity contribution in [3.63, 3.8) is 0 Å². The second kappa shape index (κ2) is 9.61. The van der Waals surface area contributed by atoms with E-state index < -0.39 is 8.33 Å². The number of esters is 1. The number of hydrogen-bond donors (Lipinski definition) is 1. The number of quaternary nitrogens is 1. The quantitative estimate of drug-likeness (QED) is 0.399. The summed E-state index contributed by atoms with van der Waals surface area (Å²) in [5.41, 5.74) is 0. The molecule has 0 bridgehead atoms. The van der Waals surface area contributed by atoms with Crippen molar-refractivity contribution in [2.45, 2.75) is 40.2 Å². The minimum atomic E-state index is -4.18. The molecule has 0 unspecified atom stereocenters. The van der Waals surface area contributed by atoms with Crippen molar-refractivity contribution in [3.05, 3.63) is 48.5 Å². The second-order valence-corrected chi connectivity index (χ2v) is 11.1. The number of carbonyl (C=O) groups excluding carboxylic acids is 1.